The molecule has 8 heteroatoms. The molecule has 0 aliphatic carbocycles. The molecule has 0 radical (unpaired) electrons. The highest BCUT2D eigenvalue weighted by atomic mass is 32.2. The fourth-order valence-corrected chi connectivity index (χ4v) is 3.26. The number of nitrogens with one attached hydrogen (secondary N) is 1. The maximum Gasteiger partial charge on any atom is 0.240 e. The van der Waals surface area contributed by atoms with Crippen molar-refractivity contribution in [2.45, 2.75) is 18.2 Å². The first-order valence-electron chi connectivity index (χ1n) is 6.33. The smallest absolute Gasteiger partial charge is 0.240 e. The summed E-state index contributed by atoms with van der Waals surface area (Å²) in [5, 5.41) is 0. The number of nitrogens with zero attached hydrogens (tertiary/aromatic N) is 2. The zero-order valence-electron chi connectivity index (χ0n) is 11.8. The molecule has 21 heavy (non-hydrogen) atoms. The highest BCUT2D eigenvalue weighted by molar-refractivity contribution is 7.89. The van der Waals surface area contributed by atoms with Crippen molar-refractivity contribution >= 4 is 15.7 Å². The fraction of sp³-hybridized carbons (Fsp3) is 0.308. The third-order valence-corrected chi connectivity index (χ3v) is 4.75. The van der Waals surface area contributed by atoms with Gasteiger partial charge in [-0.1, -0.05) is 0 Å². The van der Waals surface area contributed by atoms with Crippen molar-refractivity contribution in [2.24, 2.45) is 7.05 Å². The Morgan fingerprint density at radius 2 is 2.14 bits per heavy atom. The van der Waals surface area contributed by atoms with Crippen molar-refractivity contribution in [3.05, 3.63) is 41.7 Å². The lowest BCUT2D eigenvalue weighted by Crippen LogP contribution is -2.27. The number of nitrogens with two attached hydrogens (primary N) is 1. The monoisotopic (exact) mass is 312 g/mol. The standard InChI is InChI=1S/C13H17FN4O2S/c1-9-7-10(14)11(15)8-12(9)21(19,20)17-4-3-13-16-5-6-18(13)2/h5-8,17H,3-4,15H2,1-2H3. The van der Waals surface area contributed by atoms with Crippen LogP contribution >= 0.6 is 0 Å². The van der Waals surface area contributed by atoms with Gasteiger partial charge in [0, 0.05) is 32.4 Å². The largest absolute Gasteiger partial charge is 0.396 e. The minimum Gasteiger partial charge on any atom is -0.396 e. The quantitative estimate of drug-likeness (QED) is 0.805. The molecule has 0 fully saturated rings. The van der Waals surface area contributed by atoms with Crippen LogP contribution in [0.25, 0.3) is 0 Å². The molecule has 1 aromatic carbocycles. The van der Waals surface area contributed by atoms with E-state index in [1.54, 1.807) is 12.4 Å². The summed E-state index contributed by atoms with van der Waals surface area (Å²) in [6.45, 7) is 1.72. The molecule has 0 unspecified atom stereocenters. The zero-order valence-corrected chi connectivity index (χ0v) is 12.6. The molecule has 1 aromatic heterocycles. The number of aryl methyl sites for hydroxylation is 2. The molecule has 0 bridgehead atoms. The molecule has 0 aliphatic rings. The number of aromatic nitrogens is 2. The second kappa shape index (κ2) is 5.82. The van der Waals surface area contributed by atoms with E-state index in [0.717, 1.165) is 18.0 Å². The van der Waals surface area contributed by atoms with Crippen molar-refractivity contribution in [2.75, 3.05) is 12.3 Å². The average Bonchev–Trinajstić information content (AvgIpc) is 2.79. The Labute approximate surface area is 122 Å². The van der Waals surface area contributed by atoms with Gasteiger partial charge in [0.05, 0.1) is 10.6 Å². The first kappa shape index (κ1) is 15.5. The topological polar surface area (TPSA) is 90.0 Å². The average molecular weight is 312 g/mol. The number of rotatable bonds is 5. The first-order valence-corrected chi connectivity index (χ1v) is 7.81. The molecule has 0 atom stereocenters. The van der Waals surface area contributed by atoms with Crippen LogP contribution in [-0.4, -0.2) is 24.5 Å². The van der Waals surface area contributed by atoms with Crippen LogP contribution in [-0.2, 0) is 23.5 Å². The maximum absolute atomic E-state index is 13.3. The van der Waals surface area contributed by atoms with Crippen LogP contribution in [0, 0.1) is 12.7 Å². The van der Waals surface area contributed by atoms with Gasteiger partial charge < -0.3 is 10.3 Å². The van der Waals surface area contributed by atoms with Gasteiger partial charge in [0.15, 0.2) is 0 Å². The van der Waals surface area contributed by atoms with E-state index < -0.39 is 15.8 Å². The number of sulfonamides is 1. The molecule has 0 saturated carbocycles. The third kappa shape index (κ3) is 3.40. The van der Waals surface area contributed by atoms with Gasteiger partial charge in [0.1, 0.15) is 11.6 Å². The van der Waals surface area contributed by atoms with E-state index in [9.17, 15) is 12.8 Å². The number of halogens is 1. The Morgan fingerprint density at radius 3 is 2.76 bits per heavy atom. The molecule has 6 nitrogen and oxygen atoms in total. The molecule has 2 rings (SSSR count). The van der Waals surface area contributed by atoms with Gasteiger partial charge in [-0.3, -0.25) is 0 Å². The predicted octanol–water partition coefficient (Wildman–Crippen LogP) is 0.971. The highest BCUT2D eigenvalue weighted by Crippen LogP contribution is 2.21. The van der Waals surface area contributed by atoms with Gasteiger partial charge in [-0.05, 0) is 24.6 Å². The Bertz CT molecular complexity index is 756. The van der Waals surface area contributed by atoms with Crippen LogP contribution in [0.2, 0.25) is 0 Å². The summed E-state index contributed by atoms with van der Waals surface area (Å²) in [6.07, 6.45) is 3.89. The number of hydrogen-bond acceptors (Lipinski definition) is 4. The van der Waals surface area contributed by atoms with Crippen LogP contribution in [0.15, 0.2) is 29.4 Å². The lowest BCUT2D eigenvalue weighted by Gasteiger charge is -2.10. The van der Waals surface area contributed by atoms with E-state index >= 15 is 0 Å². The van der Waals surface area contributed by atoms with E-state index in [4.69, 9.17) is 5.73 Å². The molecule has 0 spiro atoms. The van der Waals surface area contributed by atoms with Crippen molar-refractivity contribution in [1.82, 2.24) is 14.3 Å². The van der Waals surface area contributed by atoms with E-state index in [1.807, 2.05) is 11.6 Å². The van der Waals surface area contributed by atoms with E-state index in [0.29, 0.717) is 12.0 Å². The van der Waals surface area contributed by atoms with Crippen molar-refractivity contribution in [3.8, 4) is 0 Å². The van der Waals surface area contributed by atoms with E-state index in [2.05, 4.69) is 9.71 Å². The summed E-state index contributed by atoms with van der Waals surface area (Å²) in [7, 11) is -1.90. The van der Waals surface area contributed by atoms with Gasteiger partial charge in [-0.25, -0.2) is 22.5 Å². The molecule has 0 aliphatic heterocycles. The van der Waals surface area contributed by atoms with E-state index in [-0.39, 0.29) is 17.1 Å². The SMILES string of the molecule is Cc1cc(F)c(N)cc1S(=O)(=O)NCCc1nccn1C. The summed E-state index contributed by atoms with van der Waals surface area (Å²) >= 11 is 0. The number of nitrogen functional groups attached to an aromatic ring is 1. The van der Waals surface area contributed by atoms with Gasteiger partial charge in [-0.2, -0.15) is 0 Å². The number of hydrogen-bond donors (Lipinski definition) is 2. The highest BCUT2D eigenvalue weighted by Gasteiger charge is 2.18. The van der Waals surface area contributed by atoms with Crippen LogP contribution in [0.1, 0.15) is 11.4 Å². The molecule has 0 saturated heterocycles. The third-order valence-electron chi connectivity index (χ3n) is 3.15. The summed E-state index contributed by atoms with van der Waals surface area (Å²) in [4.78, 5) is 4.10. The fourth-order valence-electron chi connectivity index (χ4n) is 1.97. The normalized spacial score (nSPS) is 11.8. The van der Waals surface area contributed by atoms with E-state index in [1.165, 1.54) is 6.92 Å². The van der Waals surface area contributed by atoms with Crippen LogP contribution in [0.4, 0.5) is 10.1 Å². The summed E-state index contributed by atoms with van der Waals surface area (Å²) in [6, 6.07) is 2.25. The number of anilines is 1. The summed E-state index contributed by atoms with van der Waals surface area (Å²) in [5.41, 5.74) is 5.55. The minimum atomic E-state index is -3.73. The number of imidazole rings is 1. The molecule has 3 N–H and O–H groups in total. The molecule has 114 valence electrons. The maximum atomic E-state index is 13.3. The lowest BCUT2D eigenvalue weighted by molar-refractivity contribution is 0.578. The molecule has 0 amide bonds. The lowest BCUT2D eigenvalue weighted by atomic mass is 10.2. The van der Waals surface area contributed by atoms with Crippen molar-refractivity contribution in [3.63, 3.8) is 0 Å². The van der Waals surface area contributed by atoms with Gasteiger partial charge >= 0.3 is 0 Å². The van der Waals surface area contributed by atoms with Crippen LogP contribution in [0.5, 0.6) is 0 Å². The Hall–Kier alpha value is -1.93. The molecule has 2 aromatic rings. The Morgan fingerprint density at radius 1 is 1.43 bits per heavy atom. The van der Waals surface area contributed by atoms with Gasteiger partial charge in [0.2, 0.25) is 10.0 Å². The zero-order chi connectivity index (χ0) is 15.6. The van der Waals surface area contributed by atoms with Crippen molar-refractivity contribution in [1.29, 1.82) is 0 Å². The second-order valence-corrected chi connectivity index (χ2v) is 6.48. The Balaban J connectivity index is 2.12. The second-order valence-electron chi connectivity index (χ2n) is 4.74. The number of benzene rings is 1. The van der Waals surface area contributed by atoms with Gasteiger partial charge in [-0.15, -0.1) is 0 Å². The van der Waals surface area contributed by atoms with Crippen LogP contribution in [0.3, 0.4) is 0 Å². The van der Waals surface area contributed by atoms with Gasteiger partial charge in [0.25, 0.3) is 0 Å². The van der Waals surface area contributed by atoms with Crippen molar-refractivity contribution < 1.29 is 12.8 Å². The molecule has 1 heterocycles. The molecular weight excluding hydrogens is 295 g/mol. The summed E-state index contributed by atoms with van der Waals surface area (Å²) < 4.78 is 42.0. The predicted molar refractivity (Wildman–Crippen MR) is 77.6 cm³/mol. The summed E-state index contributed by atoms with van der Waals surface area (Å²) in [5.74, 6) is 0.146. The molecular formula is C13H17FN4O2S. The Kier molecular flexibility index (Phi) is 4.29. The minimum absolute atomic E-state index is 0.0127. The van der Waals surface area contributed by atoms with Crippen LogP contribution < -0.4 is 10.5 Å². The first-order chi connectivity index (χ1) is 9.81.